The maximum atomic E-state index is 5.71. The molecule has 0 amide bonds. The third-order valence-corrected chi connectivity index (χ3v) is 3.91. The SMILES string of the molecule is Cc1ccc(C(CC2CCOc3ccccc32)NN)o1. The number of hydrogen-bond donors (Lipinski definition) is 2. The first-order valence-electron chi connectivity index (χ1n) is 7.02. The molecular weight excluding hydrogens is 252 g/mol. The molecule has 4 nitrogen and oxygen atoms in total. The summed E-state index contributed by atoms with van der Waals surface area (Å²) in [6, 6.07) is 12.2. The number of fused-ring (bicyclic) bond motifs is 1. The number of rotatable bonds is 4. The van der Waals surface area contributed by atoms with E-state index in [1.54, 1.807) is 0 Å². The molecular formula is C16H20N2O2. The highest BCUT2D eigenvalue weighted by Crippen LogP contribution is 2.38. The number of para-hydroxylation sites is 1. The van der Waals surface area contributed by atoms with Gasteiger partial charge < -0.3 is 9.15 Å². The molecule has 0 saturated heterocycles. The van der Waals surface area contributed by atoms with Crippen molar-refractivity contribution < 1.29 is 9.15 Å². The minimum Gasteiger partial charge on any atom is -0.493 e. The van der Waals surface area contributed by atoms with Gasteiger partial charge in [-0.1, -0.05) is 18.2 Å². The molecule has 2 atom stereocenters. The van der Waals surface area contributed by atoms with Crippen LogP contribution in [0.1, 0.15) is 41.9 Å². The lowest BCUT2D eigenvalue weighted by Gasteiger charge is -2.28. The van der Waals surface area contributed by atoms with Gasteiger partial charge in [-0.05, 0) is 49.4 Å². The number of hydrogen-bond acceptors (Lipinski definition) is 4. The Hall–Kier alpha value is -1.78. The van der Waals surface area contributed by atoms with Crippen molar-refractivity contribution in [3.63, 3.8) is 0 Å². The molecule has 4 heteroatoms. The second-order valence-corrected chi connectivity index (χ2v) is 5.28. The van der Waals surface area contributed by atoms with E-state index in [9.17, 15) is 0 Å². The average molecular weight is 272 g/mol. The van der Waals surface area contributed by atoms with Gasteiger partial charge in [-0.3, -0.25) is 5.84 Å². The van der Waals surface area contributed by atoms with Gasteiger partial charge in [-0.2, -0.15) is 0 Å². The fourth-order valence-electron chi connectivity index (χ4n) is 2.85. The molecule has 0 radical (unpaired) electrons. The van der Waals surface area contributed by atoms with Gasteiger partial charge in [0.1, 0.15) is 17.3 Å². The zero-order valence-corrected chi connectivity index (χ0v) is 11.6. The van der Waals surface area contributed by atoms with Crippen molar-refractivity contribution in [3.05, 3.63) is 53.5 Å². The first-order chi connectivity index (χ1) is 9.78. The number of hydrazine groups is 1. The number of nitrogens with two attached hydrogens (primary N) is 1. The highest BCUT2D eigenvalue weighted by atomic mass is 16.5. The van der Waals surface area contributed by atoms with E-state index >= 15 is 0 Å². The van der Waals surface area contributed by atoms with Crippen molar-refractivity contribution in [1.82, 2.24) is 5.43 Å². The third-order valence-electron chi connectivity index (χ3n) is 3.91. The number of benzene rings is 1. The van der Waals surface area contributed by atoms with Crippen LogP contribution < -0.4 is 16.0 Å². The van der Waals surface area contributed by atoms with Crippen molar-refractivity contribution >= 4 is 0 Å². The molecule has 0 spiro atoms. The molecule has 3 rings (SSSR count). The Morgan fingerprint density at radius 1 is 1.30 bits per heavy atom. The van der Waals surface area contributed by atoms with Gasteiger partial charge >= 0.3 is 0 Å². The van der Waals surface area contributed by atoms with E-state index in [1.807, 2.05) is 31.2 Å². The standard InChI is InChI=1S/C16H20N2O2/c1-11-6-7-16(20-11)14(18-17)10-12-8-9-19-15-5-3-2-4-13(12)15/h2-7,12,14,18H,8-10,17H2,1H3. The molecule has 0 fully saturated rings. The Morgan fingerprint density at radius 3 is 2.90 bits per heavy atom. The van der Waals surface area contributed by atoms with Gasteiger partial charge in [0.25, 0.3) is 0 Å². The van der Waals surface area contributed by atoms with Crippen molar-refractivity contribution in [3.8, 4) is 5.75 Å². The average Bonchev–Trinajstić information content (AvgIpc) is 2.91. The first kappa shape index (κ1) is 13.2. The molecule has 2 heterocycles. The van der Waals surface area contributed by atoms with E-state index < -0.39 is 0 Å². The van der Waals surface area contributed by atoms with Crippen LogP contribution in [0.25, 0.3) is 0 Å². The summed E-state index contributed by atoms with van der Waals surface area (Å²) in [7, 11) is 0. The summed E-state index contributed by atoms with van der Waals surface area (Å²) >= 11 is 0. The summed E-state index contributed by atoms with van der Waals surface area (Å²) in [5, 5.41) is 0. The molecule has 1 aliphatic rings. The molecule has 0 bridgehead atoms. The van der Waals surface area contributed by atoms with E-state index in [-0.39, 0.29) is 6.04 Å². The lowest BCUT2D eigenvalue weighted by molar-refractivity contribution is 0.250. The van der Waals surface area contributed by atoms with Crippen LogP contribution in [-0.4, -0.2) is 6.61 Å². The second-order valence-electron chi connectivity index (χ2n) is 5.28. The Balaban J connectivity index is 1.80. The number of nitrogens with one attached hydrogen (secondary N) is 1. The summed E-state index contributed by atoms with van der Waals surface area (Å²) in [4.78, 5) is 0. The first-order valence-corrected chi connectivity index (χ1v) is 7.02. The largest absolute Gasteiger partial charge is 0.493 e. The van der Waals surface area contributed by atoms with E-state index in [0.717, 1.165) is 36.7 Å². The number of aryl methyl sites for hydroxylation is 1. The monoisotopic (exact) mass is 272 g/mol. The fraction of sp³-hybridized carbons (Fsp3) is 0.375. The zero-order chi connectivity index (χ0) is 13.9. The van der Waals surface area contributed by atoms with Gasteiger partial charge in [0.05, 0.1) is 12.6 Å². The van der Waals surface area contributed by atoms with Crippen molar-refractivity contribution in [1.29, 1.82) is 0 Å². The van der Waals surface area contributed by atoms with Crippen LogP contribution in [0, 0.1) is 6.92 Å². The number of furan rings is 1. The summed E-state index contributed by atoms with van der Waals surface area (Å²) in [5.74, 6) is 8.95. The van der Waals surface area contributed by atoms with Gasteiger partial charge in [0, 0.05) is 0 Å². The maximum Gasteiger partial charge on any atom is 0.122 e. The molecule has 106 valence electrons. The van der Waals surface area contributed by atoms with Crippen molar-refractivity contribution in [2.45, 2.75) is 31.7 Å². The van der Waals surface area contributed by atoms with E-state index in [4.69, 9.17) is 15.0 Å². The van der Waals surface area contributed by atoms with Gasteiger partial charge in [0.2, 0.25) is 0 Å². The Labute approximate surface area is 118 Å². The molecule has 1 aliphatic heterocycles. The predicted octanol–water partition coefficient (Wildman–Crippen LogP) is 3.05. The van der Waals surface area contributed by atoms with Crippen LogP contribution in [0.4, 0.5) is 0 Å². The Kier molecular flexibility index (Phi) is 3.76. The van der Waals surface area contributed by atoms with Gasteiger partial charge in [-0.15, -0.1) is 0 Å². The topological polar surface area (TPSA) is 60.4 Å². The highest BCUT2D eigenvalue weighted by molar-refractivity contribution is 5.38. The van der Waals surface area contributed by atoms with Crippen LogP contribution in [0.3, 0.4) is 0 Å². The smallest absolute Gasteiger partial charge is 0.122 e. The van der Waals surface area contributed by atoms with Gasteiger partial charge in [0.15, 0.2) is 0 Å². The van der Waals surface area contributed by atoms with Crippen molar-refractivity contribution in [2.75, 3.05) is 6.61 Å². The Morgan fingerprint density at radius 2 is 2.15 bits per heavy atom. The van der Waals surface area contributed by atoms with Crippen molar-refractivity contribution in [2.24, 2.45) is 5.84 Å². The number of ether oxygens (including phenoxy) is 1. The predicted molar refractivity (Wildman–Crippen MR) is 77.4 cm³/mol. The highest BCUT2D eigenvalue weighted by Gasteiger charge is 2.25. The summed E-state index contributed by atoms with van der Waals surface area (Å²) in [6.45, 7) is 2.71. The van der Waals surface area contributed by atoms with E-state index in [1.165, 1.54) is 5.56 Å². The van der Waals surface area contributed by atoms with Gasteiger partial charge in [-0.25, -0.2) is 5.43 Å². The quantitative estimate of drug-likeness (QED) is 0.663. The molecule has 0 aliphatic carbocycles. The molecule has 1 aromatic carbocycles. The summed E-state index contributed by atoms with van der Waals surface area (Å²) in [6.07, 6.45) is 1.92. The minimum absolute atomic E-state index is 0.0276. The lowest BCUT2D eigenvalue weighted by atomic mass is 9.87. The molecule has 0 saturated carbocycles. The van der Waals surface area contributed by atoms with Crippen LogP contribution in [0.5, 0.6) is 5.75 Å². The van der Waals surface area contributed by atoms with Crippen LogP contribution >= 0.6 is 0 Å². The second kappa shape index (κ2) is 5.69. The molecule has 2 unspecified atom stereocenters. The van der Waals surface area contributed by atoms with Crippen LogP contribution in [-0.2, 0) is 0 Å². The summed E-state index contributed by atoms with van der Waals surface area (Å²) < 4.78 is 11.4. The van der Waals surface area contributed by atoms with Crippen LogP contribution in [0.2, 0.25) is 0 Å². The Bertz CT molecular complexity index is 579. The fourth-order valence-corrected chi connectivity index (χ4v) is 2.85. The van der Waals surface area contributed by atoms with E-state index in [0.29, 0.717) is 5.92 Å². The molecule has 3 N–H and O–H groups in total. The minimum atomic E-state index is 0.0276. The molecule has 20 heavy (non-hydrogen) atoms. The molecule has 1 aromatic heterocycles. The normalized spacial score (nSPS) is 19.2. The molecule has 2 aromatic rings. The zero-order valence-electron chi connectivity index (χ0n) is 11.6. The summed E-state index contributed by atoms with van der Waals surface area (Å²) in [5.41, 5.74) is 4.14. The lowest BCUT2D eigenvalue weighted by Crippen LogP contribution is -2.30. The van der Waals surface area contributed by atoms with Crippen LogP contribution in [0.15, 0.2) is 40.8 Å². The maximum absolute atomic E-state index is 5.71. The van der Waals surface area contributed by atoms with E-state index in [2.05, 4.69) is 17.6 Å². The third kappa shape index (κ3) is 2.57.